The highest BCUT2D eigenvalue weighted by atomic mass is 16.4. The number of aromatic nitrogens is 2. The number of carbonyl (C=O) groups is 1. The predicted molar refractivity (Wildman–Crippen MR) is 73.6 cm³/mol. The Bertz CT molecular complexity index is 547. The fourth-order valence-corrected chi connectivity index (χ4v) is 5.30. The highest BCUT2D eigenvalue weighted by Gasteiger charge is 2.53. The van der Waals surface area contributed by atoms with Crippen LogP contribution in [0.25, 0.3) is 0 Å². The van der Waals surface area contributed by atoms with Gasteiger partial charge in [0.1, 0.15) is 5.82 Å². The van der Waals surface area contributed by atoms with E-state index in [1.807, 2.05) is 0 Å². The van der Waals surface area contributed by atoms with Gasteiger partial charge in [0.2, 0.25) is 0 Å². The van der Waals surface area contributed by atoms with Crippen LogP contribution in [0.3, 0.4) is 0 Å². The van der Waals surface area contributed by atoms with Crippen molar-refractivity contribution in [1.29, 1.82) is 0 Å². The number of carboxylic acids is 1. The monoisotopic (exact) mass is 272 g/mol. The third kappa shape index (κ3) is 1.70. The highest BCUT2D eigenvalue weighted by molar-refractivity contribution is 5.86. The van der Waals surface area contributed by atoms with Crippen LogP contribution in [0.4, 0.5) is 0 Å². The first-order chi connectivity index (χ1) is 9.56. The summed E-state index contributed by atoms with van der Waals surface area (Å²) in [6.07, 6.45) is 9.32. The van der Waals surface area contributed by atoms with E-state index >= 15 is 0 Å². The fourth-order valence-electron chi connectivity index (χ4n) is 5.30. The summed E-state index contributed by atoms with van der Waals surface area (Å²) in [5.41, 5.74) is 0.920. The summed E-state index contributed by atoms with van der Waals surface area (Å²) in [6.45, 7) is 1.77. The first kappa shape index (κ1) is 12.3. The molecule has 4 heteroatoms. The molecule has 0 atom stereocenters. The lowest BCUT2D eigenvalue weighted by atomic mass is 9.49. The van der Waals surface area contributed by atoms with Crippen LogP contribution < -0.4 is 0 Å². The van der Waals surface area contributed by atoms with Crippen molar-refractivity contribution < 1.29 is 9.90 Å². The molecule has 4 nitrogen and oxygen atoms in total. The molecule has 0 radical (unpaired) electrons. The van der Waals surface area contributed by atoms with Gasteiger partial charge in [-0.25, -0.2) is 14.8 Å². The maximum absolute atomic E-state index is 11.3. The molecular weight excluding hydrogens is 252 g/mol. The van der Waals surface area contributed by atoms with E-state index in [2.05, 4.69) is 9.97 Å². The Morgan fingerprint density at radius 1 is 1.20 bits per heavy atom. The standard InChI is InChI=1S/C16H20N2O2/c1-9-8-17-15(18-13(9)14(19)20)16-5-10-2-11(6-16)4-12(3-10)7-16/h8,10-12H,2-7H2,1H3,(H,19,20). The van der Waals surface area contributed by atoms with Crippen molar-refractivity contribution in [2.24, 2.45) is 17.8 Å². The molecule has 5 rings (SSSR count). The Labute approximate surface area is 118 Å². The van der Waals surface area contributed by atoms with Gasteiger partial charge < -0.3 is 5.11 Å². The molecular formula is C16H20N2O2. The minimum Gasteiger partial charge on any atom is -0.477 e. The Morgan fingerprint density at radius 3 is 2.25 bits per heavy atom. The summed E-state index contributed by atoms with van der Waals surface area (Å²) in [5.74, 6) is 2.33. The zero-order chi connectivity index (χ0) is 13.9. The molecule has 20 heavy (non-hydrogen) atoms. The lowest BCUT2D eigenvalue weighted by Gasteiger charge is -2.56. The van der Waals surface area contributed by atoms with E-state index in [1.165, 1.54) is 38.5 Å². The van der Waals surface area contributed by atoms with E-state index in [4.69, 9.17) is 0 Å². The number of hydrogen-bond acceptors (Lipinski definition) is 3. The Morgan fingerprint density at radius 2 is 1.75 bits per heavy atom. The molecule has 0 unspecified atom stereocenters. The third-order valence-corrected chi connectivity index (χ3v) is 5.69. The molecule has 106 valence electrons. The molecule has 4 saturated carbocycles. The third-order valence-electron chi connectivity index (χ3n) is 5.69. The topological polar surface area (TPSA) is 63.1 Å². The van der Waals surface area contributed by atoms with E-state index in [0.29, 0.717) is 5.56 Å². The number of aromatic carboxylic acids is 1. The van der Waals surface area contributed by atoms with E-state index in [9.17, 15) is 9.90 Å². The molecule has 1 aromatic heterocycles. The van der Waals surface area contributed by atoms with Crippen molar-refractivity contribution in [3.63, 3.8) is 0 Å². The molecule has 0 spiro atoms. The van der Waals surface area contributed by atoms with Gasteiger partial charge in [-0.05, 0) is 63.2 Å². The van der Waals surface area contributed by atoms with Crippen LogP contribution in [0.2, 0.25) is 0 Å². The molecule has 0 amide bonds. The SMILES string of the molecule is Cc1cnc(C23CC4CC(CC(C4)C2)C3)nc1C(=O)O. The van der Waals surface area contributed by atoms with E-state index in [-0.39, 0.29) is 11.1 Å². The van der Waals surface area contributed by atoms with Gasteiger partial charge in [-0.3, -0.25) is 0 Å². The molecule has 4 bridgehead atoms. The largest absolute Gasteiger partial charge is 0.477 e. The van der Waals surface area contributed by atoms with Crippen molar-refractivity contribution in [3.05, 3.63) is 23.3 Å². The molecule has 0 aliphatic heterocycles. The number of carboxylic acid groups (broad SMARTS) is 1. The van der Waals surface area contributed by atoms with Gasteiger partial charge in [-0.15, -0.1) is 0 Å². The molecule has 4 aliphatic carbocycles. The average molecular weight is 272 g/mol. The van der Waals surface area contributed by atoms with E-state index in [0.717, 1.165) is 23.6 Å². The zero-order valence-corrected chi connectivity index (χ0v) is 11.8. The summed E-state index contributed by atoms with van der Waals surface area (Å²) in [4.78, 5) is 20.3. The lowest BCUT2D eigenvalue weighted by Crippen LogP contribution is -2.49. The van der Waals surface area contributed by atoms with Crippen LogP contribution in [0.5, 0.6) is 0 Å². The molecule has 1 heterocycles. The fraction of sp³-hybridized carbons (Fsp3) is 0.688. The van der Waals surface area contributed by atoms with Crippen molar-refractivity contribution in [3.8, 4) is 0 Å². The summed E-state index contributed by atoms with van der Waals surface area (Å²) in [6, 6.07) is 0. The molecule has 4 fully saturated rings. The Balaban J connectivity index is 1.77. The van der Waals surface area contributed by atoms with Crippen molar-refractivity contribution in [1.82, 2.24) is 9.97 Å². The molecule has 0 saturated heterocycles. The van der Waals surface area contributed by atoms with Gasteiger partial charge in [-0.2, -0.15) is 0 Å². The lowest BCUT2D eigenvalue weighted by molar-refractivity contribution is -0.00952. The van der Waals surface area contributed by atoms with Crippen LogP contribution in [-0.4, -0.2) is 21.0 Å². The van der Waals surface area contributed by atoms with Crippen molar-refractivity contribution in [2.45, 2.75) is 50.9 Å². The van der Waals surface area contributed by atoms with E-state index < -0.39 is 5.97 Å². The minimum atomic E-state index is -0.934. The average Bonchev–Trinajstić information content (AvgIpc) is 2.37. The van der Waals surface area contributed by atoms with E-state index in [1.54, 1.807) is 13.1 Å². The van der Waals surface area contributed by atoms with Crippen LogP contribution >= 0.6 is 0 Å². The summed E-state index contributed by atoms with van der Waals surface area (Å²) < 4.78 is 0. The first-order valence-corrected chi connectivity index (χ1v) is 7.63. The number of rotatable bonds is 2. The normalized spacial score (nSPS) is 38.1. The van der Waals surface area contributed by atoms with Crippen LogP contribution in [0.15, 0.2) is 6.20 Å². The number of aryl methyl sites for hydroxylation is 1. The molecule has 1 aromatic rings. The summed E-state index contributed by atoms with van der Waals surface area (Å²) in [5, 5.41) is 9.28. The van der Waals surface area contributed by atoms with Gasteiger partial charge in [0.15, 0.2) is 5.69 Å². The predicted octanol–water partition coefficient (Wildman–Crippen LogP) is 2.95. The molecule has 1 N–H and O–H groups in total. The minimum absolute atomic E-state index is 0.0760. The second kappa shape index (κ2) is 4.03. The summed E-state index contributed by atoms with van der Waals surface area (Å²) >= 11 is 0. The molecule has 4 aliphatic rings. The van der Waals surface area contributed by atoms with Gasteiger partial charge in [0.05, 0.1) is 0 Å². The number of hydrogen-bond donors (Lipinski definition) is 1. The van der Waals surface area contributed by atoms with Gasteiger partial charge >= 0.3 is 5.97 Å². The number of nitrogens with zero attached hydrogens (tertiary/aromatic N) is 2. The smallest absolute Gasteiger partial charge is 0.354 e. The van der Waals surface area contributed by atoms with Gasteiger partial charge in [-0.1, -0.05) is 0 Å². The van der Waals surface area contributed by atoms with Crippen LogP contribution in [0, 0.1) is 24.7 Å². The maximum atomic E-state index is 11.3. The molecule has 0 aromatic carbocycles. The second-order valence-corrected chi connectivity index (χ2v) is 7.23. The van der Waals surface area contributed by atoms with Gasteiger partial charge in [0, 0.05) is 17.2 Å². The van der Waals surface area contributed by atoms with Crippen molar-refractivity contribution in [2.75, 3.05) is 0 Å². The zero-order valence-electron chi connectivity index (χ0n) is 11.8. The first-order valence-electron chi connectivity index (χ1n) is 7.63. The Hall–Kier alpha value is -1.45. The highest BCUT2D eigenvalue weighted by Crippen LogP contribution is 2.60. The van der Waals surface area contributed by atoms with Crippen molar-refractivity contribution >= 4 is 5.97 Å². The quantitative estimate of drug-likeness (QED) is 0.899. The summed E-state index contributed by atoms with van der Waals surface area (Å²) in [7, 11) is 0. The Kier molecular flexibility index (Phi) is 2.48. The maximum Gasteiger partial charge on any atom is 0.354 e. The van der Waals surface area contributed by atoms with Crippen LogP contribution in [0.1, 0.15) is 60.4 Å². The van der Waals surface area contributed by atoms with Crippen LogP contribution in [-0.2, 0) is 5.41 Å². The second-order valence-electron chi connectivity index (χ2n) is 7.23. The van der Waals surface area contributed by atoms with Gasteiger partial charge in [0.25, 0.3) is 0 Å².